The molecule has 0 fully saturated rings. The highest BCUT2D eigenvalue weighted by Gasteiger charge is 2.24. The number of carboxylic acids is 1. The fraction of sp³-hybridized carbons (Fsp3) is 0.500. The van der Waals surface area contributed by atoms with Gasteiger partial charge in [-0.1, -0.05) is 37.3 Å². The molecule has 0 aliphatic rings. The van der Waals surface area contributed by atoms with Crippen LogP contribution >= 0.6 is 0 Å². The van der Waals surface area contributed by atoms with Crippen LogP contribution in [0.25, 0.3) is 0 Å². The first-order valence-corrected chi connectivity index (χ1v) is 6.18. The Labute approximate surface area is 108 Å². The second kappa shape index (κ2) is 7.13. The molecule has 2 N–H and O–H groups in total. The number of carboxylic acid groups (broad SMARTS) is 1. The van der Waals surface area contributed by atoms with Crippen molar-refractivity contribution < 1.29 is 15.0 Å². The Morgan fingerprint density at radius 2 is 1.89 bits per heavy atom. The number of aliphatic carboxylic acids is 1. The van der Waals surface area contributed by atoms with Crippen LogP contribution in [0.3, 0.4) is 0 Å². The lowest BCUT2D eigenvalue weighted by Gasteiger charge is -2.31. The molecular weight excluding hydrogens is 230 g/mol. The third kappa shape index (κ3) is 4.13. The van der Waals surface area contributed by atoms with E-state index in [2.05, 4.69) is 0 Å². The summed E-state index contributed by atoms with van der Waals surface area (Å²) in [6.07, 6.45) is 0. The number of hydrogen-bond acceptors (Lipinski definition) is 3. The molecule has 0 radical (unpaired) electrons. The quantitative estimate of drug-likeness (QED) is 0.772. The second-order valence-electron chi connectivity index (χ2n) is 4.55. The van der Waals surface area contributed by atoms with Gasteiger partial charge in [-0.25, -0.2) is 0 Å². The van der Waals surface area contributed by atoms with Crippen molar-refractivity contribution in [2.45, 2.75) is 26.4 Å². The first-order chi connectivity index (χ1) is 8.56. The minimum absolute atomic E-state index is 0.0313. The number of aliphatic hydroxyl groups is 1. The predicted octanol–water partition coefficient (Wildman–Crippen LogP) is 1.59. The van der Waals surface area contributed by atoms with Gasteiger partial charge in [0.25, 0.3) is 0 Å². The predicted molar refractivity (Wildman–Crippen MR) is 70.2 cm³/mol. The van der Waals surface area contributed by atoms with Gasteiger partial charge < -0.3 is 10.2 Å². The lowest BCUT2D eigenvalue weighted by atomic mass is 10.0. The van der Waals surface area contributed by atoms with Crippen molar-refractivity contribution in [2.24, 2.45) is 5.92 Å². The Kier molecular flexibility index (Phi) is 5.82. The zero-order valence-corrected chi connectivity index (χ0v) is 10.9. The molecule has 4 nitrogen and oxygen atoms in total. The van der Waals surface area contributed by atoms with Gasteiger partial charge in [-0.15, -0.1) is 0 Å². The largest absolute Gasteiger partial charge is 0.481 e. The van der Waals surface area contributed by atoms with E-state index in [0.29, 0.717) is 13.1 Å². The maximum absolute atomic E-state index is 11.0. The van der Waals surface area contributed by atoms with Crippen molar-refractivity contribution in [1.29, 1.82) is 0 Å². The summed E-state index contributed by atoms with van der Waals surface area (Å²) >= 11 is 0. The molecule has 1 aromatic carbocycles. The van der Waals surface area contributed by atoms with Crippen LogP contribution in [0.5, 0.6) is 0 Å². The first-order valence-electron chi connectivity index (χ1n) is 6.18. The fourth-order valence-corrected chi connectivity index (χ4v) is 1.90. The van der Waals surface area contributed by atoms with Crippen LogP contribution in [0.4, 0.5) is 0 Å². The summed E-state index contributed by atoms with van der Waals surface area (Å²) in [5, 5.41) is 18.1. The molecule has 0 heterocycles. The van der Waals surface area contributed by atoms with Crippen LogP contribution < -0.4 is 0 Å². The summed E-state index contributed by atoms with van der Waals surface area (Å²) in [6.45, 7) is 4.75. The third-order valence-corrected chi connectivity index (χ3v) is 3.30. The number of aliphatic hydroxyl groups excluding tert-OH is 1. The number of hydrogen-bond donors (Lipinski definition) is 2. The lowest BCUT2D eigenvalue weighted by Crippen LogP contribution is -2.41. The van der Waals surface area contributed by atoms with E-state index in [4.69, 9.17) is 10.2 Å². The van der Waals surface area contributed by atoms with E-state index in [-0.39, 0.29) is 12.6 Å². The van der Waals surface area contributed by atoms with E-state index in [1.54, 1.807) is 6.92 Å². The van der Waals surface area contributed by atoms with Crippen LogP contribution in [0.2, 0.25) is 0 Å². The molecule has 4 heteroatoms. The van der Waals surface area contributed by atoms with Crippen molar-refractivity contribution >= 4 is 5.97 Å². The first kappa shape index (κ1) is 14.7. The number of rotatable bonds is 7. The molecule has 1 rings (SSSR count). The molecule has 0 saturated heterocycles. The highest BCUT2D eigenvalue weighted by molar-refractivity contribution is 5.70. The summed E-state index contributed by atoms with van der Waals surface area (Å²) in [6, 6.07) is 9.75. The molecule has 0 bridgehead atoms. The van der Waals surface area contributed by atoms with E-state index in [0.717, 1.165) is 5.56 Å². The average Bonchev–Trinajstić information content (AvgIpc) is 2.37. The minimum Gasteiger partial charge on any atom is -0.481 e. The third-order valence-electron chi connectivity index (χ3n) is 3.30. The summed E-state index contributed by atoms with van der Waals surface area (Å²) < 4.78 is 0. The van der Waals surface area contributed by atoms with Gasteiger partial charge in [0.05, 0.1) is 12.5 Å². The van der Waals surface area contributed by atoms with Crippen LogP contribution in [-0.2, 0) is 11.3 Å². The zero-order chi connectivity index (χ0) is 13.5. The Morgan fingerprint density at radius 1 is 1.28 bits per heavy atom. The van der Waals surface area contributed by atoms with Crippen molar-refractivity contribution in [1.82, 2.24) is 4.90 Å². The topological polar surface area (TPSA) is 60.8 Å². The Balaban J connectivity index is 2.73. The van der Waals surface area contributed by atoms with Crippen molar-refractivity contribution in [3.63, 3.8) is 0 Å². The summed E-state index contributed by atoms with van der Waals surface area (Å²) in [5.74, 6) is -1.27. The van der Waals surface area contributed by atoms with E-state index in [1.807, 2.05) is 42.2 Å². The van der Waals surface area contributed by atoms with E-state index >= 15 is 0 Å². The monoisotopic (exact) mass is 251 g/mol. The Morgan fingerprint density at radius 3 is 2.39 bits per heavy atom. The van der Waals surface area contributed by atoms with Gasteiger partial charge in [-0.05, 0) is 12.5 Å². The molecule has 18 heavy (non-hydrogen) atoms. The van der Waals surface area contributed by atoms with Gasteiger partial charge in [0.15, 0.2) is 0 Å². The molecule has 2 unspecified atom stereocenters. The van der Waals surface area contributed by atoms with Crippen molar-refractivity contribution in [3.8, 4) is 0 Å². The van der Waals surface area contributed by atoms with Crippen LogP contribution in [0, 0.1) is 5.92 Å². The smallest absolute Gasteiger partial charge is 0.307 e. The SMILES string of the molecule is CC(C(=O)O)C(C)N(CCO)Cc1ccccc1. The zero-order valence-electron chi connectivity index (χ0n) is 10.9. The summed E-state index contributed by atoms with van der Waals surface area (Å²) in [4.78, 5) is 13.0. The van der Waals surface area contributed by atoms with Gasteiger partial charge in [0.1, 0.15) is 0 Å². The Hall–Kier alpha value is -1.39. The molecule has 100 valence electrons. The minimum atomic E-state index is -0.807. The molecular formula is C14H21NO3. The number of carbonyl (C=O) groups is 1. The van der Waals surface area contributed by atoms with Gasteiger partial charge in [-0.2, -0.15) is 0 Å². The summed E-state index contributed by atoms with van der Waals surface area (Å²) in [5.41, 5.74) is 1.12. The van der Waals surface area contributed by atoms with E-state index < -0.39 is 11.9 Å². The molecule has 0 spiro atoms. The number of nitrogens with zero attached hydrogens (tertiary/aromatic N) is 1. The Bertz CT molecular complexity index is 367. The van der Waals surface area contributed by atoms with E-state index in [1.165, 1.54) is 0 Å². The molecule has 0 aliphatic heterocycles. The van der Waals surface area contributed by atoms with Crippen molar-refractivity contribution in [2.75, 3.05) is 13.2 Å². The van der Waals surface area contributed by atoms with Gasteiger partial charge in [0.2, 0.25) is 0 Å². The maximum Gasteiger partial charge on any atom is 0.307 e. The van der Waals surface area contributed by atoms with Crippen LogP contribution in [0.15, 0.2) is 30.3 Å². The highest BCUT2D eigenvalue weighted by atomic mass is 16.4. The number of benzene rings is 1. The molecule has 0 amide bonds. The standard InChI is InChI=1S/C14H21NO3/c1-11(14(17)18)12(2)15(8-9-16)10-13-6-4-3-5-7-13/h3-7,11-12,16H,8-10H2,1-2H3,(H,17,18). The van der Waals surface area contributed by atoms with Crippen LogP contribution in [0.1, 0.15) is 19.4 Å². The second-order valence-corrected chi connectivity index (χ2v) is 4.55. The molecule has 0 saturated carbocycles. The molecule has 2 atom stereocenters. The van der Waals surface area contributed by atoms with Crippen molar-refractivity contribution in [3.05, 3.63) is 35.9 Å². The normalized spacial score (nSPS) is 14.4. The van der Waals surface area contributed by atoms with Crippen LogP contribution in [-0.4, -0.2) is 40.3 Å². The van der Waals surface area contributed by atoms with E-state index in [9.17, 15) is 4.79 Å². The van der Waals surface area contributed by atoms with Gasteiger partial charge in [-0.3, -0.25) is 9.69 Å². The molecule has 1 aromatic rings. The summed E-state index contributed by atoms with van der Waals surface area (Å²) in [7, 11) is 0. The fourth-order valence-electron chi connectivity index (χ4n) is 1.90. The lowest BCUT2D eigenvalue weighted by molar-refractivity contribution is -0.143. The highest BCUT2D eigenvalue weighted by Crippen LogP contribution is 2.14. The maximum atomic E-state index is 11.0. The average molecular weight is 251 g/mol. The molecule has 0 aromatic heterocycles. The van der Waals surface area contributed by atoms with Gasteiger partial charge >= 0.3 is 5.97 Å². The molecule has 0 aliphatic carbocycles. The van der Waals surface area contributed by atoms with Gasteiger partial charge in [0, 0.05) is 19.1 Å².